The van der Waals surface area contributed by atoms with E-state index in [0.29, 0.717) is 16.4 Å². The van der Waals surface area contributed by atoms with E-state index in [9.17, 15) is 4.79 Å². The molecule has 0 fully saturated rings. The van der Waals surface area contributed by atoms with Gasteiger partial charge in [-0.25, -0.2) is 0 Å². The number of nitrogens with zero attached hydrogens (tertiary/aromatic N) is 2. The number of nitrogens with one attached hydrogen (secondary N) is 1. The number of aromatic nitrogens is 2. The number of para-hydroxylation sites is 1. The van der Waals surface area contributed by atoms with E-state index in [1.165, 1.54) is 23.1 Å². The van der Waals surface area contributed by atoms with Gasteiger partial charge in [0, 0.05) is 11.3 Å². The molecule has 3 aromatic rings. The number of rotatable bonds is 7. The van der Waals surface area contributed by atoms with Gasteiger partial charge in [0.2, 0.25) is 5.13 Å². The molecule has 0 aliphatic carbocycles. The standard InChI is InChI=1S/C18H17N3O2S2/c1-12-5-3-4-6-15(12)19-17-20-21-18(25-17)24-11-16(22)13-7-9-14(23-2)10-8-13/h3-10H,11H2,1-2H3,(H,19,20). The Morgan fingerprint density at radius 1 is 1.16 bits per heavy atom. The van der Waals surface area contributed by atoms with Crippen LogP contribution in [0.3, 0.4) is 0 Å². The molecule has 5 nitrogen and oxygen atoms in total. The van der Waals surface area contributed by atoms with Crippen LogP contribution in [0, 0.1) is 6.92 Å². The molecule has 0 radical (unpaired) electrons. The molecule has 1 N–H and O–H groups in total. The smallest absolute Gasteiger partial charge is 0.210 e. The number of Topliss-reactive ketones (excluding diaryl/α,β-unsaturated/α-hetero) is 1. The minimum absolute atomic E-state index is 0.0521. The van der Waals surface area contributed by atoms with Crippen LogP contribution >= 0.6 is 23.1 Å². The number of hydrogen-bond acceptors (Lipinski definition) is 7. The van der Waals surface area contributed by atoms with E-state index in [1.54, 1.807) is 31.4 Å². The van der Waals surface area contributed by atoms with Crippen LogP contribution in [-0.2, 0) is 0 Å². The van der Waals surface area contributed by atoms with Crippen LogP contribution in [0.1, 0.15) is 15.9 Å². The maximum Gasteiger partial charge on any atom is 0.210 e. The zero-order valence-electron chi connectivity index (χ0n) is 13.9. The van der Waals surface area contributed by atoms with E-state index in [1.807, 2.05) is 31.2 Å². The summed E-state index contributed by atoms with van der Waals surface area (Å²) < 4.78 is 5.86. The van der Waals surface area contributed by atoms with Crippen molar-refractivity contribution < 1.29 is 9.53 Å². The highest BCUT2D eigenvalue weighted by Gasteiger charge is 2.11. The topological polar surface area (TPSA) is 64.1 Å². The normalized spacial score (nSPS) is 10.5. The lowest BCUT2D eigenvalue weighted by Gasteiger charge is -2.04. The first-order valence-corrected chi connectivity index (χ1v) is 9.42. The molecule has 0 aliphatic rings. The fourth-order valence-corrected chi connectivity index (χ4v) is 3.79. The quantitative estimate of drug-likeness (QED) is 0.485. The highest BCUT2D eigenvalue weighted by atomic mass is 32.2. The average Bonchev–Trinajstić information content (AvgIpc) is 3.09. The summed E-state index contributed by atoms with van der Waals surface area (Å²) in [5.74, 6) is 1.11. The van der Waals surface area contributed by atoms with Crippen LogP contribution in [-0.4, -0.2) is 28.8 Å². The monoisotopic (exact) mass is 371 g/mol. The lowest BCUT2D eigenvalue weighted by atomic mass is 10.1. The number of aryl methyl sites for hydroxylation is 1. The van der Waals surface area contributed by atoms with Crippen molar-refractivity contribution in [1.82, 2.24) is 10.2 Å². The predicted octanol–water partition coefficient (Wildman–Crippen LogP) is 4.57. The number of ketones is 1. The van der Waals surface area contributed by atoms with Gasteiger partial charge in [0.05, 0.1) is 12.9 Å². The first-order valence-electron chi connectivity index (χ1n) is 7.62. The van der Waals surface area contributed by atoms with Gasteiger partial charge in [-0.05, 0) is 42.8 Å². The number of carbonyl (C=O) groups is 1. The van der Waals surface area contributed by atoms with Crippen LogP contribution in [0.25, 0.3) is 0 Å². The first-order chi connectivity index (χ1) is 12.2. The van der Waals surface area contributed by atoms with Crippen LogP contribution in [0.2, 0.25) is 0 Å². The summed E-state index contributed by atoms with van der Waals surface area (Å²) >= 11 is 2.83. The molecule has 25 heavy (non-hydrogen) atoms. The SMILES string of the molecule is COc1ccc(C(=O)CSc2nnc(Nc3ccccc3C)s2)cc1. The largest absolute Gasteiger partial charge is 0.497 e. The van der Waals surface area contributed by atoms with Crippen molar-refractivity contribution in [3.63, 3.8) is 0 Å². The third-order valence-corrected chi connectivity index (χ3v) is 5.50. The molecular weight excluding hydrogens is 354 g/mol. The Morgan fingerprint density at radius 2 is 1.92 bits per heavy atom. The van der Waals surface area contributed by atoms with Crippen LogP contribution < -0.4 is 10.1 Å². The second-order valence-electron chi connectivity index (χ2n) is 5.25. The van der Waals surface area contributed by atoms with Crippen molar-refractivity contribution in [2.75, 3.05) is 18.2 Å². The Balaban J connectivity index is 1.58. The van der Waals surface area contributed by atoms with Crippen molar-refractivity contribution in [3.8, 4) is 5.75 Å². The molecule has 7 heteroatoms. The molecule has 0 saturated carbocycles. The summed E-state index contributed by atoms with van der Waals surface area (Å²) in [5, 5.41) is 12.2. The highest BCUT2D eigenvalue weighted by molar-refractivity contribution is 8.01. The van der Waals surface area contributed by atoms with Crippen molar-refractivity contribution >= 4 is 39.7 Å². The van der Waals surface area contributed by atoms with Gasteiger partial charge in [-0.15, -0.1) is 10.2 Å². The summed E-state index contributed by atoms with van der Waals surface area (Å²) in [5.41, 5.74) is 2.81. The maximum absolute atomic E-state index is 12.2. The minimum Gasteiger partial charge on any atom is -0.497 e. The van der Waals surface area contributed by atoms with E-state index in [4.69, 9.17) is 4.74 Å². The van der Waals surface area contributed by atoms with Gasteiger partial charge in [0.15, 0.2) is 10.1 Å². The number of anilines is 2. The van der Waals surface area contributed by atoms with Gasteiger partial charge in [-0.2, -0.15) is 0 Å². The molecular formula is C18H17N3O2S2. The number of hydrogen-bond donors (Lipinski definition) is 1. The van der Waals surface area contributed by atoms with Crippen LogP contribution in [0.5, 0.6) is 5.75 Å². The van der Waals surface area contributed by atoms with Crippen molar-refractivity contribution in [1.29, 1.82) is 0 Å². The number of ether oxygens (including phenoxy) is 1. The number of carbonyl (C=O) groups excluding carboxylic acids is 1. The summed E-state index contributed by atoms with van der Waals surface area (Å²) in [4.78, 5) is 12.2. The van der Waals surface area contributed by atoms with Gasteiger partial charge < -0.3 is 10.1 Å². The molecule has 0 amide bonds. The van der Waals surface area contributed by atoms with Gasteiger partial charge in [0.1, 0.15) is 5.75 Å². The fourth-order valence-electron chi connectivity index (χ4n) is 2.13. The minimum atomic E-state index is 0.0521. The van der Waals surface area contributed by atoms with E-state index in [0.717, 1.165) is 21.3 Å². The summed E-state index contributed by atoms with van der Waals surface area (Å²) in [7, 11) is 1.60. The van der Waals surface area contributed by atoms with Crippen molar-refractivity contribution in [3.05, 3.63) is 59.7 Å². The molecule has 2 aromatic carbocycles. The third kappa shape index (κ3) is 4.58. The maximum atomic E-state index is 12.2. The van der Waals surface area contributed by atoms with Gasteiger partial charge in [-0.3, -0.25) is 4.79 Å². The second-order valence-corrected chi connectivity index (χ2v) is 7.45. The molecule has 0 bridgehead atoms. The van der Waals surface area contributed by atoms with E-state index >= 15 is 0 Å². The summed E-state index contributed by atoms with van der Waals surface area (Å²) in [6.07, 6.45) is 0. The summed E-state index contributed by atoms with van der Waals surface area (Å²) in [6, 6.07) is 15.1. The van der Waals surface area contributed by atoms with Crippen LogP contribution in [0.15, 0.2) is 52.9 Å². The number of thioether (sulfide) groups is 1. The molecule has 0 spiro atoms. The number of benzene rings is 2. The van der Waals surface area contributed by atoms with E-state index < -0.39 is 0 Å². The Labute approximate surface area is 154 Å². The third-order valence-electron chi connectivity index (χ3n) is 3.53. The highest BCUT2D eigenvalue weighted by Crippen LogP contribution is 2.29. The van der Waals surface area contributed by atoms with Crippen molar-refractivity contribution in [2.24, 2.45) is 0 Å². The van der Waals surface area contributed by atoms with Crippen LogP contribution in [0.4, 0.5) is 10.8 Å². The number of methoxy groups -OCH3 is 1. The first kappa shape index (κ1) is 17.4. The lowest BCUT2D eigenvalue weighted by Crippen LogP contribution is -2.02. The zero-order valence-corrected chi connectivity index (χ0v) is 15.5. The average molecular weight is 371 g/mol. The molecule has 1 heterocycles. The fraction of sp³-hybridized carbons (Fsp3) is 0.167. The lowest BCUT2D eigenvalue weighted by molar-refractivity contribution is 0.102. The Bertz CT molecular complexity index is 863. The second kappa shape index (κ2) is 8.13. The van der Waals surface area contributed by atoms with Crippen molar-refractivity contribution in [2.45, 2.75) is 11.3 Å². The Kier molecular flexibility index (Phi) is 5.67. The van der Waals surface area contributed by atoms with Gasteiger partial charge >= 0.3 is 0 Å². The predicted molar refractivity (Wildman–Crippen MR) is 102 cm³/mol. The molecule has 0 aliphatic heterocycles. The summed E-state index contributed by atoms with van der Waals surface area (Å²) in [6.45, 7) is 2.03. The van der Waals surface area contributed by atoms with E-state index in [2.05, 4.69) is 15.5 Å². The van der Waals surface area contributed by atoms with Gasteiger partial charge in [-0.1, -0.05) is 41.3 Å². The molecule has 128 valence electrons. The molecule has 0 unspecified atom stereocenters. The van der Waals surface area contributed by atoms with Gasteiger partial charge in [0.25, 0.3) is 0 Å². The molecule has 1 aromatic heterocycles. The zero-order chi connectivity index (χ0) is 17.6. The molecule has 3 rings (SSSR count). The Morgan fingerprint density at radius 3 is 2.64 bits per heavy atom. The Hall–Kier alpha value is -2.38. The molecule has 0 atom stereocenters. The van der Waals surface area contributed by atoms with E-state index in [-0.39, 0.29) is 5.78 Å². The molecule has 0 saturated heterocycles.